The number of aromatic carboxylic acids is 1. The number of hydrogen-bond acceptors (Lipinski definition) is 2. The Hall–Kier alpha value is -0.900. The number of carboxylic acid groups (broad SMARTS) is 1. The fraction of sp³-hybridized carbons (Fsp3) is 0. The fourth-order valence-electron chi connectivity index (χ4n) is 0.542. The molecular formula is C5H5NO2S. The van der Waals surface area contributed by atoms with Crippen molar-refractivity contribution in [2.75, 3.05) is 0 Å². The lowest BCUT2D eigenvalue weighted by atomic mass is 10.4. The van der Waals surface area contributed by atoms with E-state index in [4.69, 9.17) is 5.11 Å². The summed E-state index contributed by atoms with van der Waals surface area (Å²) in [5.41, 5.74) is 0.179. The Kier molecular flexibility index (Phi) is 1.48. The summed E-state index contributed by atoms with van der Waals surface area (Å²) in [6, 6.07) is 3.10. The van der Waals surface area contributed by atoms with Crippen LogP contribution in [0.25, 0.3) is 0 Å². The summed E-state index contributed by atoms with van der Waals surface area (Å²) >= 11 is 3.82. The molecule has 1 aromatic heterocycles. The second-order valence-corrected chi connectivity index (χ2v) is 1.97. The van der Waals surface area contributed by atoms with Gasteiger partial charge in [0.1, 0.15) is 5.69 Å². The van der Waals surface area contributed by atoms with Gasteiger partial charge in [-0.25, -0.2) is 4.79 Å². The molecule has 1 N–H and O–H groups in total. The molecule has 1 aromatic rings. The van der Waals surface area contributed by atoms with Gasteiger partial charge in [-0.3, -0.25) is 3.97 Å². The van der Waals surface area contributed by atoms with Crippen LogP contribution in [0.1, 0.15) is 10.5 Å². The predicted molar refractivity (Wildman–Crippen MR) is 35.8 cm³/mol. The van der Waals surface area contributed by atoms with Crippen molar-refractivity contribution >= 4 is 18.8 Å². The Morgan fingerprint density at radius 3 is 2.67 bits per heavy atom. The zero-order chi connectivity index (χ0) is 6.85. The van der Waals surface area contributed by atoms with Crippen molar-refractivity contribution in [3.05, 3.63) is 24.0 Å². The van der Waals surface area contributed by atoms with Crippen molar-refractivity contribution in [2.24, 2.45) is 0 Å². The molecule has 1 rings (SSSR count). The van der Waals surface area contributed by atoms with E-state index in [9.17, 15) is 4.79 Å². The summed E-state index contributed by atoms with van der Waals surface area (Å²) in [4.78, 5) is 10.2. The summed E-state index contributed by atoms with van der Waals surface area (Å²) in [7, 11) is 0. The van der Waals surface area contributed by atoms with Crippen molar-refractivity contribution in [3.63, 3.8) is 0 Å². The third kappa shape index (κ3) is 1.08. The molecule has 0 aliphatic heterocycles. The Morgan fingerprint density at radius 1 is 1.78 bits per heavy atom. The van der Waals surface area contributed by atoms with Crippen molar-refractivity contribution in [1.82, 2.24) is 3.97 Å². The lowest BCUT2D eigenvalue weighted by Crippen LogP contribution is -1.99. The minimum absolute atomic E-state index is 0.179. The molecule has 0 saturated carbocycles. The van der Waals surface area contributed by atoms with Gasteiger partial charge in [0.2, 0.25) is 0 Å². The van der Waals surface area contributed by atoms with Crippen LogP contribution in [0.5, 0.6) is 0 Å². The quantitative estimate of drug-likeness (QED) is 0.573. The normalized spacial score (nSPS) is 9.44. The van der Waals surface area contributed by atoms with Crippen LogP contribution in [-0.2, 0) is 0 Å². The van der Waals surface area contributed by atoms with Crippen LogP contribution in [0.4, 0.5) is 0 Å². The summed E-state index contributed by atoms with van der Waals surface area (Å²) in [5.74, 6) is -0.963. The van der Waals surface area contributed by atoms with Gasteiger partial charge in [-0.2, -0.15) is 0 Å². The van der Waals surface area contributed by atoms with Gasteiger partial charge in [0.25, 0.3) is 0 Å². The number of carbonyl (C=O) groups is 1. The van der Waals surface area contributed by atoms with Crippen LogP contribution in [0.2, 0.25) is 0 Å². The molecule has 0 bridgehead atoms. The first-order valence-electron chi connectivity index (χ1n) is 2.31. The topological polar surface area (TPSA) is 42.2 Å². The van der Waals surface area contributed by atoms with E-state index >= 15 is 0 Å². The van der Waals surface area contributed by atoms with Gasteiger partial charge < -0.3 is 5.11 Å². The number of thiol groups is 1. The largest absolute Gasteiger partial charge is 0.477 e. The maximum Gasteiger partial charge on any atom is 0.353 e. The highest BCUT2D eigenvalue weighted by atomic mass is 32.1. The molecule has 9 heavy (non-hydrogen) atoms. The Labute approximate surface area is 57.5 Å². The summed E-state index contributed by atoms with van der Waals surface area (Å²) < 4.78 is 1.25. The highest BCUT2D eigenvalue weighted by molar-refractivity contribution is 7.78. The molecule has 0 amide bonds. The minimum atomic E-state index is -0.963. The molecule has 1 heterocycles. The molecule has 48 valence electrons. The molecule has 0 fully saturated rings. The molecule has 0 unspecified atom stereocenters. The highest BCUT2D eigenvalue weighted by Gasteiger charge is 2.04. The van der Waals surface area contributed by atoms with E-state index in [0.29, 0.717) is 0 Å². The molecule has 0 aliphatic carbocycles. The Balaban J connectivity index is 3.08. The molecule has 0 atom stereocenters. The zero-order valence-electron chi connectivity index (χ0n) is 4.48. The van der Waals surface area contributed by atoms with E-state index in [2.05, 4.69) is 12.8 Å². The maximum atomic E-state index is 10.2. The summed E-state index contributed by atoms with van der Waals surface area (Å²) in [6.07, 6.45) is 1.56. The van der Waals surface area contributed by atoms with E-state index in [1.165, 1.54) is 10.0 Å². The van der Waals surface area contributed by atoms with Gasteiger partial charge in [-0.15, -0.1) is 0 Å². The highest BCUT2D eigenvalue weighted by Crippen LogP contribution is 2.01. The number of carboxylic acids is 1. The second kappa shape index (κ2) is 2.14. The first-order valence-corrected chi connectivity index (χ1v) is 2.71. The molecule has 0 aromatic carbocycles. The molecule has 0 saturated heterocycles. The van der Waals surface area contributed by atoms with Crippen LogP contribution in [0, 0.1) is 0 Å². The summed E-state index contributed by atoms with van der Waals surface area (Å²) in [5, 5.41) is 8.38. The van der Waals surface area contributed by atoms with Crippen molar-refractivity contribution < 1.29 is 9.90 Å². The monoisotopic (exact) mass is 143 g/mol. The standard InChI is InChI=1S/C5H5NO2S/c7-5(8)4-2-1-3-6(4)9/h1-3,9H,(H,7,8). The summed E-state index contributed by atoms with van der Waals surface area (Å²) in [6.45, 7) is 0. The number of nitrogens with zero attached hydrogens (tertiary/aromatic N) is 1. The molecule has 0 aliphatic rings. The third-order valence-corrected chi connectivity index (χ3v) is 1.30. The third-order valence-electron chi connectivity index (χ3n) is 0.947. The van der Waals surface area contributed by atoms with E-state index in [-0.39, 0.29) is 5.69 Å². The van der Waals surface area contributed by atoms with Crippen LogP contribution in [-0.4, -0.2) is 15.0 Å². The number of rotatable bonds is 1. The number of hydrogen-bond donors (Lipinski definition) is 2. The van der Waals surface area contributed by atoms with Gasteiger partial charge in [-0.05, 0) is 12.1 Å². The smallest absolute Gasteiger partial charge is 0.353 e. The van der Waals surface area contributed by atoms with E-state index < -0.39 is 5.97 Å². The lowest BCUT2D eigenvalue weighted by Gasteiger charge is -1.91. The number of aromatic nitrogens is 1. The average molecular weight is 143 g/mol. The van der Waals surface area contributed by atoms with Crippen LogP contribution in [0.15, 0.2) is 18.3 Å². The van der Waals surface area contributed by atoms with Gasteiger partial charge in [-0.1, -0.05) is 12.8 Å². The zero-order valence-corrected chi connectivity index (χ0v) is 5.38. The van der Waals surface area contributed by atoms with Gasteiger partial charge in [0, 0.05) is 6.20 Å². The first-order chi connectivity index (χ1) is 4.22. The van der Waals surface area contributed by atoms with E-state index in [1.54, 1.807) is 12.3 Å². The van der Waals surface area contributed by atoms with Crippen molar-refractivity contribution in [2.45, 2.75) is 0 Å². The second-order valence-electron chi connectivity index (χ2n) is 1.54. The Bertz CT molecular complexity index is 231. The molecule has 0 spiro atoms. The van der Waals surface area contributed by atoms with E-state index in [0.717, 1.165) is 0 Å². The maximum absolute atomic E-state index is 10.2. The van der Waals surface area contributed by atoms with E-state index in [1.807, 2.05) is 0 Å². The van der Waals surface area contributed by atoms with Crippen molar-refractivity contribution in [3.8, 4) is 0 Å². The Morgan fingerprint density at radius 2 is 2.44 bits per heavy atom. The molecular weight excluding hydrogens is 138 g/mol. The SMILES string of the molecule is O=C(O)c1cccn1S. The lowest BCUT2D eigenvalue weighted by molar-refractivity contribution is 0.0690. The predicted octanol–water partition coefficient (Wildman–Crippen LogP) is 0.879. The van der Waals surface area contributed by atoms with Crippen LogP contribution >= 0.6 is 12.8 Å². The average Bonchev–Trinajstić information content (AvgIpc) is 2.13. The van der Waals surface area contributed by atoms with Crippen LogP contribution < -0.4 is 0 Å². The fourth-order valence-corrected chi connectivity index (χ4v) is 0.771. The minimum Gasteiger partial charge on any atom is -0.477 e. The van der Waals surface area contributed by atoms with Gasteiger partial charge >= 0.3 is 5.97 Å². The molecule has 3 nitrogen and oxygen atoms in total. The molecule has 4 heteroatoms. The van der Waals surface area contributed by atoms with Crippen LogP contribution in [0.3, 0.4) is 0 Å². The van der Waals surface area contributed by atoms with Gasteiger partial charge in [0.05, 0.1) is 0 Å². The first kappa shape index (κ1) is 6.22. The van der Waals surface area contributed by atoms with Gasteiger partial charge in [0.15, 0.2) is 0 Å². The van der Waals surface area contributed by atoms with Crippen molar-refractivity contribution in [1.29, 1.82) is 0 Å². The molecule has 0 radical (unpaired) electrons.